The highest BCUT2D eigenvalue weighted by Crippen LogP contribution is 2.39. The molecule has 4 atom stereocenters. The first-order valence-corrected chi connectivity index (χ1v) is 9.36. The molecule has 1 fully saturated rings. The summed E-state index contributed by atoms with van der Waals surface area (Å²) in [4.78, 5) is 12.8. The zero-order chi connectivity index (χ0) is 16.6. The number of rotatable bonds is 2. The van der Waals surface area contributed by atoms with Crippen LogP contribution in [0.1, 0.15) is 37.1 Å². The van der Waals surface area contributed by atoms with Gasteiger partial charge in [-0.1, -0.05) is 70.0 Å². The lowest BCUT2D eigenvalue weighted by molar-refractivity contribution is -0.130. The molecule has 0 aromatic heterocycles. The number of carbonyl (C=O) groups is 1. The summed E-state index contributed by atoms with van der Waals surface area (Å²) in [5.74, 6) is 0.240. The van der Waals surface area contributed by atoms with E-state index in [1.165, 1.54) is 0 Å². The highest BCUT2D eigenvalue weighted by molar-refractivity contribution is 9.10. The fraction of sp³-hybridized carbons (Fsp3) is 0.316. The monoisotopic (exact) mass is 435 g/mol. The Morgan fingerprint density at radius 2 is 1.26 bits per heavy atom. The van der Waals surface area contributed by atoms with Crippen LogP contribution in [0.3, 0.4) is 0 Å². The van der Waals surface area contributed by atoms with Gasteiger partial charge in [-0.05, 0) is 35.4 Å². The maximum Gasteiger partial charge on any atom is 0.142 e. The van der Waals surface area contributed by atoms with Crippen LogP contribution in [0, 0.1) is 11.8 Å². The van der Waals surface area contributed by atoms with E-state index >= 15 is 0 Å². The predicted molar refractivity (Wildman–Crippen MR) is 100 cm³/mol. The highest BCUT2D eigenvalue weighted by Gasteiger charge is 2.40. The van der Waals surface area contributed by atoms with Gasteiger partial charge < -0.3 is 5.32 Å². The second-order valence-electron chi connectivity index (χ2n) is 6.21. The Bertz CT molecular complexity index is 671. The Hall–Kier alpha value is -0.970. The molecule has 0 amide bonds. The summed E-state index contributed by atoms with van der Waals surface area (Å²) < 4.78 is 2.07. The van der Waals surface area contributed by atoms with E-state index in [1.54, 1.807) is 0 Å². The van der Waals surface area contributed by atoms with Gasteiger partial charge in [0, 0.05) is 32.9 Å². The second-order valence-corrected chi connectivity index (χ2v) is 8.04. The van der Waals surface area contributed by atoms with Crippen LogP contribution in [0.2, 0.25) is 0 Å². The molecule has 2 aromatic carbocycles. The largest absolute Gasteiger partial charge is 0.302 e. The molecular weight excluding hydrogens is 418 g/mol. The van der Waals surface area contributed by atoms with Gasteiger partial charge in [-0.3, -0.25) is 4.79 Å². The average Bonchev–Trinajstić information content (AvgIpc) is 2.53. The number of halogens is 2. The smallest absolute Gasteiger partial charge is 0.142 e. The lowest BCUT2D eigenvalue weighted by Gasteiger charge is -2.39. The number of ketones is 1. The normalized spacial score (nSPS) is 27.9. The Morgan fingerprint density at radius 1 is 0.826 bits per heavy atom. The third-order valence-electron chi connectivity index (χ3n) is 4.67. The maximum absolute atomic E-state index is 12.8. The van der Waals surface area contributed by atoms with Crippen molar-refractivity contribution in [3.05, 3.63) is 68.6 Å². The number of piperidine rings is 1. The number of benzene rings is 2. The second kappa shape index (κ2) is 6.88. The molecule has 0 saturated carbocycles. The summed E-state index contributed by atoms with van der Waals surface area (Å²) >= 11 is 7.05. The van der Waals surface area contributed by atoms with Gasteiger partial charge in [0.1, 0.15) is 5.78 Å². The predicted octanol–water partition coefficient (Wildman–Crippen LogP) is 5.44. The van der Waals surface area contributed by atoms with Crippen LogP contribution >= 0.6 is 31.9 Å². The van der Waals surface area contributed by atoms with Gasteiger partial charge in [-0.25, -0.2) is 0 Å². The summed E-state index contributed by atoms with van der Waals surface area (Å²) in [6.07, 6.45) is 0. The molecule has 0 bridgehead atoms. The first kappa shape index (κ1) is 16.9. The maximum atomic E-state index is 12.8. The Morgan fingerprint density at radius 3 is 1.65 bits per heavy atom. The minimum atomic E-state index is -0.0392. The fourth-order valence-corrected chi connectivity index (χ4v) is 4.23. The lowest BCUT2D eigenvalue weighted by Crippen LogP contribution is -2.46. The Labute approximate surface area is 153 Å². The molecular formula is C19H19Br2NO. The van der Waals surface area contributed by atoms with Gasteiger partial charge in [0.2, 0.25) is 0 Å². The van der Waals surface area contributed by atoms with Crippen molar-refractivity contribution in [2.75, 3.05) is 0 Å². The molecule has 3 rings (SSSR count). The van der Waals surface area contributed by atoms with E-state index in [2.05, 4.69) is 61.4 Å². The lowest BCUT2D eigenvalue weighted by atomic mass is 9.76. The summed E-state index contributed by atoms with van der Waals surface area (Å²) in [6, 6.07) is 16.5. The van der Waals surface area contributed by atoms with Gasteiger partial charge in [0.15, 0.2) is 0 Å². The van der Waals surface area contributed by atoms with Gasteiger partial charge in [-0.2, -0.15) is 0 Å². The zero-order valence-corrected chi connectivity index (χ0v) is 16.3. The van der Waals surface area contributed by atoms with Crippen molar-refractivity contribution in [3.63, 3.8) is 0 Å². The van der Waals surface area contributed by atoms with Crippen molar-refractivity contribution in [2.45, 2.75) is 25.9 Å². The summed E-state index contributed by atoms with van der Waals surface area (Å²) in [7, 11) is 0. The van der Waals surface area contributed by atoms with Gasteiger partial charge >= 0.3 is 0 Å². The van der Waals surface area contributed by atoms with Gasteiger partial charge in [-0.15, -0.1) is 0 Å². The standard InChI is InChI=1S/C19H19Br2NO/c1-11-17(13-5-3-7-15(20)9-13)22-18(12(2)19(11)23)14-6-4-8-16(21)10-14/h3-12,17-18,22H,1-2H3/t11-,12-,17-,18+/m0/s1. The molecule has 0 aliphatic carbocycles. The molecule has 0 unspecified atom stereocenters. The molecule has 0 spiro atoms. The molecule has 2 nitrogen and oxygen atoms in total. The molecule has 4 heteroatoms. The van der Waals surface area contributed by atoms with Crippen molar-refractivity contribution in [1.82, 2.24) is 5.32 Å². The molecule has 1 aliphatic rings. The first-order chi connectivity index (χ1) is 11.0. The minimum Gasteiger partial charge on any atom is -0.302 e. The van der Waals surface area contributed by atoms with Crippen LogP contribution in [0.15, 0.2) is 57.5 Å². The minimum absolute atomic E-state index is 0.0279. The van der Waals surface area contributed by atoms with E-state index in [9.17, 15) is 4.79 Å². The number of hydrogen-bond donors (Lipinski definition) is 1. The quantitative estimate of drug-likeness (QED) is 0.679. The van der Waals surface area contributed by atoms with E-state index < -0.39 is 0 Å². The van der Waals surface area contributed by atoms with Crippen molar-refractivity contribution in [2.24, 2.45) is 11.8 Å². The topological polar surface area (TPSA) is 29.1 Å². The van der Waals surface area contributed by atoms with Crippen LogP contribution in [0.5, 0.6) is 0 Å². The zero-order valence-electron chi connectivity index (χ0n) is 13.1. The van der Waals surface area contributed by atoms with E-state index in [4.69, 9.17) is 0 Å². The highest BCUT2D eigenvalue weighted by atomic mass is 79.9. The van der Waals surface area contributed by atoms with Crippen LogP contribution in [0.25, 0.3) is 0 Å². The van der Waals surface area contributed by atoms with Crippen LogP contribution in [-0.2, 0) is 4.79 Å². The third-order valence-corrected chi connectivity index (χ3v) is 5.66. The van der Waals surface area contributed by atoms with Crippen LogP contribution in [-0.4, -0.2) is 5.78 Å². The number of carbonyl (C=O) groups excluding carboxylic acids is 1. The Balaban J connectivity index is 1.97. The summed E-state index contributed by atoms with van der Waals surface area (Å²) in [6.45, 7) is 4.04. The summed E-state index contributed by atoms with van der Waals surface area (Å²) in [5.41, 5.74) is 2.29. The number of hydrogen-bond acceptors (Lipinski definition) is 2. The van der Waals surface area contributed by atoms with E-state index in [0.29, 0.717) is 5.78 Å². The van der Waals surface area contributed by atoms with E-state index in [-0.39, 0.29) is 23.9 Å². The number of Topliss-reactive ketones (excluding diaryl/α,β-unsaturated/α-hetero) is 1. The molecule has 1 aliphatic heterocycles. The summed E-state index contributed by atoms with van der Waals surface area (Å²) in [5, 5.41) is 3.71. The van der Waals surface area contributed by atoms with E-state index in [0.717, 1.165) is 20.1 Å². The van der Waals surface area contributed by atoms with Gasteiger partial charge in [0.25, 0.3) is 0 Å². The van der Waals surface area contributed by atoms with Crippen molar-refractivity contribution >= 4 is 37.6 Å². The SMILES string of the molecule is C[C@@H]1C(=O)[C@@H](C)[C@H](c2cccc(Br)c2)N[C@@H]1c1cccc(Br)c1. The van der Waals surface area contributed by atoms with Gasteiger partial charge in [0.05, 0.1) is 0 Å². The van der Waals surface area contributed by atoms with Crippen LogP contribution in [0.4, 0.5) is 0 Å². The van der Waals surface area contributed by atoms with Crippen molar-refractivity contribution in [1.29, 1.82) is 0 Å². The molecule has 2 aromatic rings. The third kappa shape index (κ3) is 3.44. The Kier molecular flexibility index (Phi) is 5.04. The first-order valence-electron chi connectivity index (χ1n) is 7.78. The molecule has 1 saturated heterocycles. The van der Waals surface area contributed by atoms with Crippen molar-refractivity contribution < 1.29 is 4.79 Å². The molecule has 1 N–H and O–H groups in total. The molecule has 0 radical (unpaired) electrons. The van der Waals surface area contributed by atoms with E-state index in [1.807, 2.05) is 38.1 Å². The molecule has 1 heterocycles. The number of nitrogens with one attached hydrogen (secondary N) is 1. The van der Waals surface area contributed by atoms with Crippen molar-refractivity contribution in [3.8, 4) is 0 Å². The average molecular weight is 437 g/mol. The fourth-order valence-electron chi connectivity index (χ4n) is 3.40. The molecule has 120 valence electrons. The van der Waals surface area contributed by atoms with Crippen LogP contribution < -0.4 is 5.32 Å². The molecule has 23 heavy (non-hydrogen) atoms.